The molecule has 1 amide bonds. The second kappa shape index (κ2) is 8.86. The highest BCUT2D eigenvalue weighted by molar-refractivity contribution is 6.34. The fourth-order valence-electron chi connectivity index (χ4n) is 2.34. The second-order valence-electron chi connectivity index (χ2n) is 5.54. The normalized spacial score (nSPS) is 10.4. The number of amides is 1. The zero-order chi connectivity index (χ0) is 20.1. The zero-order valence-electron chi connectivity index (χ0n) is 14.6. The SMILES string of the molecule is COc1ncccc1CNC(=O)c1cc(F)cnc1Oc1cc(Cl)ccc1Cl. The van der Waals surface area contributed by atoms with Gasteiger partial charge in [-0.25, -0.2) is 14.4 Å². The third-order valence-electron chi connectivity index (χ3n) is 3.64. The molecule has 0 atom stereocenters. The maximum Gasteiger partial charge on any atom is 0.257 e. The lowest BCUT2D eigenvalue weighted by Gasteiger charge is -2.12. The van der Waals surface area contributed by atoms with Crippen LogP contribution in [0.15, 0.2) is 48.8 Å². The third-order valence-corrected chi connectivity index (χ3v) is 4.19. The lowest BCUT2D eigenvalue weighted by molar-refractivity contribution is 0.0947. The molecule has 0 fully saturated rings. The molecular weight excluding hydrogens is 408 g/mol. The predicted molar refractivity (Wildman–Crippen MR) is 103 cm³/mol. The maximum atomic E-state index is 13.7. The van der Waals surface area contributed by atoms with Crippen LogP contribution in [0.2, 0.25) is 10.0 Å². The van der Waals surface area contributed by atoms with E-state index in [2.05, 4.69) is 15.3 Å². The molecule has 9 heteroatoms. The Morgan fingerprint density at radius 3 is 2.79 bits per heavy atom. The van der Waals surface area contributed by atoms with Crippen molar-refractivity contribution in [2.75, 3.05) is 7.11 Å². The number of nitrogens with zero attached hydrogens (tertiary/aromatic N) is 2. The van der Waals surface area contributed by atoms with Gasteiger partial charge in [0.2, 0.25) is 11.8 Å². The van der Waals surface area contributed by atoms with E-state index in [1.54, 1.807) is 24.4 Å². The molecule has 0 radical (unpaired) electrons. The van der Waals surface area contributed by atoms with Crippen molar-refractivity contribution in [3.05, 3.63) is 75.8 Å². The van der Waals surface area contributed by atoms with Crippen molar-refractivity contribution in [2.45, 2.75) is 6.54 Å². The summed E-state index contributed by atoms with van der Waals surface area (Å²) in [5.41, 5.74) is 0.557. The monoisotopic (exact) mass is 421 g/mol. The Labute approximate surface area is 170 Å². The van der Waals surface area contributed by atoms with Crippen molar-refractivity contribution in [3.8, 4) is 17.5 Å². The molecule has 6 nitrogen and oxygen atoms in total. The van der Waals surface area contributed by atoms with Gasteiger partial charge in [-0.3, -0.25) is 4.79 Å². The number of ether oxygens (including phenoxy) is 2. The van der Waals surface area contributed by atoms with E-state index >= 15 is 0 Å². The van der Waals surface area contributed by atoms with Gasteiger partial charge in [-0.05, 0) is 24.3 Å². The van der Waals surface area contributed by atoms with Crippen LogP contribution in [-0.4, -0.2) is 23.0 Å². The molecule has 0 aliphatic heterocycles. The number of methoxy groups -OCH3 is 1. The first kappa shape index (κ1) is 19.9. The van der Waals surface area contributed by atoms with Crippen LogP contribution in [0.5, 0.6) is 17.5 Å². The number of halogens is 3. The lowest BCUT2D eigenvalue weighted by atomic mass is 10.2. The Bertz CT molecular complexity index is 1020. The van der Waals surface area contributed by atoms with E-state index < -0.39 is 11.7 Å². The summed E-state index contributed by atoms with van der Waals surface area (Å²) < 4.78 is 24.4. The fourth-order valence-corrected chi connectivity index (χ4v) is 2.66. The molecule has 1 aromatic carbocycles. The van der Waals surface area contributed by atoms with Crippen LogP contribution in [0.25, 0.3) is 0 Å². The standard InChI is InChI=1S/C19H14Cl2FN3O3/c1-27-18-11(3-2-6-23-18)9-24-17(26)14-8-13(22)10-25-19(14)28-16-7-12(20)4-5-15(16)21/h2-8,10H,9H2,1H3,(H,24,26). The number of rotatable bonds is 6. The summed E-state index contributed by atoms with van der Waals surface area (Å²) in [5.74, 6) is -0.820. The average Bonchev–Trinajstić information content (AvgIpc) is 2.70. The highest BCUT2D eigenvalue weighted by atomic mass is 35.5. The van der Waals surface area contributed by atoms with Crippen molar-refractivity contribution in [1.29, 1.82) is 0 Å². The molecule has 0 saturated carbocycles. The molecule has 2 heterocycles. The summed E-state index contributed by atoms with van der Waals surface area (Å²) >= 11 is 12.0. The van der Waals surface area contributed by atoms with Crippen LogP contribution in [-0.2, 0) is 6.54 Å². The maximum absolute atomic E-state index is 13.7. The summed E-state index contributed by atoms with van der Waals surface area (Å²) in [6.07, 6.45) is 2.51. The Morgan fingerprint density at radius 1 is 1.18 bits per heavy atom. The highest BCUT2D eigenvalue weighted by Crippen LogP contribution is 2.32. The first-order chi connectivity index (χ1) is 13.5. The molecule has 3 aromatic rings. The number of benzene rings is 1. The molecule has 0 unspecified atom stereocenters. The van der Waals surface area contributed by atoms with Crippen LogP contribution in [0, 0.1) is 5.82 Å². The molecule has 0 saturated heterocycles. The van der Waals surface area contributed by atoms with E-state index in [4.69, 9.17) is 32.7 Å². The van der Waals surface area contributed by atoms with Crippen LogP contribution >= 0.6 is 23.2 Å². The minimum Gasteiger partial charge on any atom is -0.481 e. The minimum absolute atomic E-state index is 0.0982. The van der Waals surface area contributed by atoms with E-state index in [0.29, 0.717) is 16.5 Å². The largest absolute Gasteiger partial charge is 0.481 e. The number of aromatic nitrogens is 2. The van der Waals surface area contributed by atoms with Crippen LogP contribution < -0.4 is 14.8 Å². The van der Waals surface area contributed by atoms with Gasteiger partial charge in [0.25, 0.3) is 5.91 Å². The van der Waals surface area contributed by atoms with Crippen LogP contribution in [0.3, 0.4) is 0 Å². The Balaban J connectivity index is 1.83. The average molecular weight is 422 g/mol. The highest BCUT2D eigenvalue weighted by Gasteiger charge is 2.18. The minimum atomic E-state index is -0.686. The topological polar surface area (TPSA) is 73.3 Å². The van der Waals surface area contributed by atoms with E-state index in [1.165, 1.54) is 19.2 Å². The van der Waals surface area contributed by atoms with Gasteiger partial charge in [0.05, 0.1) is 18.3 Å². The first-order valence-corrected chi connectivity index (χ1v) is 8.78. The van der Waals surface area contributed by atoms with Crippen LogP contribution in [0.4, 0.5) is 4.39 Å². The smallest absolute Gasteiger partial charge is 0.257 e. The number of carbonyl (C=O) groups excluding carboxylic acids is 1. The van der Waals surface area contributed by atoms with E-state index in [9.17, 15) is 9.18 Å². The van der Waals surface area contributed by atoms with Crippen molar-refractivity contribution in [2.24, 2.45) is 0 Å². The number of hydrogen-bond donors (Lipinski definition) is 1. The van der Waals surface area contributed by atoms with E-state index in [1.807, 2.05) is 0 Å². The molecule has 2 aromatic heterocycles. The molecular formula is C19H14Cl2FN3O3. The quantitative estimate of drug-likeness (QED) is 0.626. The second-order valence-corrected chi connectivity index (χ2v) is 6.38. The van der Waals surface area contributed by atoms with Crippen LogP contribution in [0.1, 0.15) is 15.9 Å². The molecule has 0 aliphatic rings. The Kier molecular flexibility index (Phi) is 6.28. The molecule has 144 valence electrons. The summed E-state index contributed by atoms with van der Waals surface area (Å²) in [6.45, 7) is 0.115. The summed E-state index contributed by atoms with van der Waals surface area (Å²) in [6, 6.07) is 9.08. The van der Waals surface area contributed by atoms with Crippen molar-refractivity contribution in [1.82, 2.24) is 15.3 Å². The molecule has 28 heavy (non-hydrogen) atoms. The van der Waals surface area contributed by atoms with Gasteiger partial charge < -0.3 is 14.8 Å². The van der Waals surface area contributed by atoms with Gasteiger partial charge >= 0.3 is 0 Å². The Morgan fingerprint density at radius 2 is 2.00 bits per heavy atom. The van der Waals surface area contributed by atoms with Gasteiger partial charge in [-0.15, -0.1) is 0 Å². The number of nitrogens with one attached hydrogen (secondary N) is 1. The summed E-state index contributed by atoms with van der Waals surface area (Å²) in [7, 11) is 1.48. The number of pyridine rings is 2. The first-order valence-electron chi connectivity index (χ1n) is 8.02. The molecule has 3 rings (SSSR count). The van der Waals surface area contributed by atoms with Gasteiger partial charge in [0.15, 0.2) is 0 Å². The fraction of sp³-hybridized carbons (Fsp3) is 0.105. The molecule has 1 N–H and O–H groups in total. The number of hydrogen-bond acceptors (Lipinski definition) is 5. The zero-order valence-corrected chi connectivity index (χ0v) is 16.1. The third kappa shape index (κ3) is 4.68. The van der Waals surface area contributed by atoms with Gasteiger partial charge in [0, 0.05) is 29.4 Å². The van der Waals surface area contributed by atoms with E-state index in [-0.39, 0.29) is 28.8 Å². The summed E-state index contributed by atoms with van der Waals surface area (Å²) in [5, 5.41) is 3.32. The molecule has 0 bridgehead atoms. The predicted octanol–water partition coefficient (Wildman–Crippen LogP) is 4.65. The van der Waals surface area contributed by atoms with E-state index in [0.717, 1.165) is 12.3 Å². The lowest BCUT2D eigenvalue weighted by Crippen LogP contribution is -2.24. The Hall–Kier alpha value is -2.90. The van der Waals surface area contributed by atoms with Gasteiger partial charge in [-0.1, -0.05) is 29.3 Å². The van der Waals surface area contributed by atoms with Crippen molar-refractivity contribution >= 4 is 29.1 Å². The summed E-state index contributed by atoms with van der Waals surface area (Å²) in [4.78, 5) is 20.5. The van der Waals surface area contributed by atoms with Crippen molar-refractivity contribution in [3.63, 3.8) is 0 Å². The molecule has 0 aliphatic carbocycles. The van der Waals surface area contributed by atoms with Crippen molar-refractivity contribution < 1.29 is 18.7 Å². The number of carbonyl (C=O) groups is 1. The molecule has 0 spiro atoms. The van der Waals surface area contributed by atoms with Gasteiger partial charge in [-0.2, -0.15) is 0 Å². The van der Waals surface area contributed by atoms with Gasteiger partial charge in [0.1, 0.15) is 17.1 Å².